The summed E-state index contributed by atoms with van der Waals surface area (Å²) in [5.41, 5.74) is 0.534. The van der Waals surface area contributed by atoms with Crippen LogP contribution in [0.2, 0.25) is 0 Å². The number of ether oxygens (including phenoxy) is 1. The average Bonchev–Trinajstić information content (AvgIpc) is 2.27. The summed E-state index contributed by atoms with van der Waals surface area (Å²) in [6.45, 7) is 1.85. The number of carboxylic acid groups (broad SMARTS) is 1. The zero-order valence-electron chi connectivity index (χ0n) is 8.69. The van der Waals surface area contributed by atoms with Gasteiger partial charge in [0.25, 0.3) is 5.91 Å². The minimum Gasteiger partial charge on any atom is -0.478 e. The maximum atomic E-state index is 11.5. The van der Waals surface area contributed by atoms with Crippen molar-refractivity contribution in [3.05, 3.63) is 23.8 Å². The molecule has 5 heteroatoms. The lowest BCUT2D eigenvalue weighted by atomic mass is 10.1. The lowest BCUT2D eigenvalue weighted by molar-refractivity contribution is -0.123. The van der Waals surface area contributed by atoms with Gasteiger partial charge in [-0.1, -0.05) is 6.92 Å². The number of aromatic carboxylic acids is 1. The fourth-order valence-corrected chi connectivity index (χ4v) is 1.55. The Morgan fingerprint density at radius 2 is 2.31 bits per heavy atom. The van der Waals surface area contributed by atoms with Crippen molar-refractivity contribution in [1.82, 2.24) is 0 Å². The highest BCUT2D eigenvalue weighted by atomic mass is 16.5. The Bertz CT molecular complexity index is 455. The molecule has 2 rings (SSSR count). The molecular weight excluding hydrogens is 210 g/mol. The fraction of sp³-hybridized carbons (Fsp3) is 0.273. The van der Waals surface area contributed by atoms with E-state index in [1.165, 1.54) is 12.1 Å². The van der Waals surface area contributed by atoms with Gasteiger partial charge in [-0.2, -0.15) is 0 Å². The summed E-state index contributed by atoms with van der Waals surface area (Å²) >= 11 is 0. The number of fused-ring (bicyclic) bond motifs is 1. The topological polar surface area (TPSA) is 75.6 Å². The Balaban J connectivity index is 2.36. The standard InChI is InChI=1S/C11H11NO4/c1-2-8-10(13)12-7-5-6(11(14)15)3-4-9(7)16-8/h3-5,8H,2H2,1H3,(H,12,13)(H,14,15). The lowest BCUT2D eigenvalue weighted by Crippen LogP contribution is -2.36. The van der Waals surface area contributed by atoms with Crippen LogP contribution in [0.5, 0.6) is 5.75 Å². The molecule has 0 bridgehead atoms. The molecule has 1 unspecified atom stereocenters. The molecule has 0 aliphatic carbocycles. The van der Waals surface area contributed by atoms with Crippen LogP contribution in [0.25, 0.3) is 0 Å². The molecule has 0 saturated carbocycles. The van der Waals surface area contributed by atoms with Crippen molar-refractivity contribution >= 4 is 17.6 Å². The largest absolute Gasteiger partial charge is 0.478 e. The Labute approximate surface area is 92.0 Å². The first-order chi connectivity index (χ1) is 7.61. The van der Waals surface area contributed by atoms with E-state index in [2.05, 4.69) is 5.32 Å². The monoisotopic (exact) mass is 221 g/mol. The zero-order chi connectivity index (χ0) is 11.7. The second-order valence-corrected chi connectivity index (χ2v) is 3.52. The molecule has 1 aromatic rings. The number of nitrogens with one attached hydrogen (secondary N) is 1. The number of carboxylic acids is 1. The molecule has 0 saturated heterocycles. The van der Waals surface area contributed by atoms with E-state index in [1.807, 2.05) is 6.92 Å². The maximum Gasteiger partial charge on any atom is 0.335 e. The van der Waals surface area contributed by atoms with Gasteiger partial charge in [0, 0.05) is 0 Å². The van der Waals surface area contributed by atoms with Crippen LogP contribution < -0.4 is 10.1 Å². The number of hydrogen-bond donors (Lipinski definition) is 2. The summed E-state index contributed by atoms with van der Waals surface area (Å²) in [6.07, 6.45) is 0.0783. The molecule has 84 valence electrons. The van der Waals surface area contributed by atoms with E-state index in [9.17, 15) is 9.59 Å². The molecule has 1 amide bonds. The minimum atomic E-state index is -1.03. The normalized spacial score (nSPS) is 18.3. The Kier molecular flexibility index (Phi) is 2.52. The van der Waals surface area contributed by atoms with Gasteiger partial charge in [0.2, 0.25) is 0 Å². The van der Waals surface area contributed by atoms with Gasteiger partial charge in [0.15, 0.2) is 6.10 Å². The maximum absolute atomic E-state index is 11.5. The average molecular weight is 221 g/mol. The van der Waals surface area contributed by atoms with Gasteiger partial charge < -0.3 is 15.2 Å². The van der Waals surface area contributed by atoms with Crippen LogP contribution in [-0.4, -0.2) is 23.1 Å². The molecule has 1 heterocycles. The smallest absolute Gasteiger partial charge is 0.335 e. The van der Waals surface area contributed by atoms with Crippen LogP contribution in [0, 0.1) is 0 Å². The van der Waals surface area contributed by atoms with E-state index in [4.69, 9.17) is 9.84 Å². The molecule has 1 aromatic carbocycles. The SMILES string of the molecule is CCC1Oc2ccc(C(=O)O)cc2NC1=O. The van der Waals surface area contributed by atoms with Crippen molar-refractivity contribution in [2.24, 2.45) is 0 Å². The highest BCUT2D eigenvalue weighted by Gasteiger charge is 2.26. The van der Waals surface area contributed by atoms with Crippen LogP contribution in [-0.2, 0) is 4.79 Å². The van der Waals surface area contributed by atoms with Gasteiger partial charge in [0.05, 0.1) is 11.3 Å². The van der Waals surface area contributed by atoms with E-state index in [-0.39, 0.29) is 11.5 Å². The second kappa shape index (κ2) is 3.84. The number of amides is 1. The van der Waals surface area contributed by atoms with Crippen molar-refractivity contribution < 1.29 is 19.4 Å². The van der Waals surface area contributed by atoms with Crippen LogP contribution >= 0.6 is 0 Å². The number of carbonyl (C=O) groups excluding carboxylic acids is 1. The molecular formula is C11H11NO4. The summed E-state index contributed by atoms with van der Waals surface area (Å²) in [5, 5.41) is 11.4. The molecule has 0 aromatic heterocycles. The van der Waals surface area contributed by atoms with Gasteiger partial charge in [-0.05, 0) is 24.6 Å². The zero-order valence-corrected chi connectivity index (χ0v) is 8.69. The predicted octanol–water partition coefficient (Wildman–Crippen LogP) is 1.49. The Hall–Kier alpha value is -2.04. The molecule has 0 fully saturated rings. The van der Waals surface area contributed by atoms with Gasteiger partial charge in [-0.15, -0.1) is 0 Å². The van der Waals surface area contributed by atoms with Crippen molar-refractivity contribution in [3.63, 3.8) is 0 Å². The van der Waals surface area contributed by atoms with Crippen molar-refractivity contribution in [2.45, 2.75) is 19.4 Å². The van der Waals surface area contributed by atoms with E-state index in [0.29, 0.717) is 17.9 Å². The molecule has 5 nitrogen and oxygen atoms in total. The van der Waals surface area contributed by atoms with Gasteiger partial charge in [-0.25, -0.2) is 4.79 Å². The Morgan fingerprint density at radius 1 is 1.56 bits per heavy atom. The Morgan fingerprint density at radius 3 is 2.94 bits per heavy atom. The lowest BCUT2D eigenvalue weighted by Gasteiger charge is -2.25. The number of benzene rings is 1. The van der Waals surface area contributed by atoms with Crippen LogP contribution in [0.15, 0.2) is 18.2 Å². The first-order valence-electron chi connectivity index (χ1n) is 4.96. The quantitative estimate of drug-likeness (QED) is 0.793. The highest BCUT2D eigenvalue weighted by molar-refractivity contribution is 5.99. The molecule has 0 radical (unpaired) electrons. The van der Waals surface area contributed by atoms with Crippen molar-refractivity contribution in [3.8, 4) is 5.75 Å². The van der Waals surface area contributed by atoms with Gasteiger partial charge in [-0.3, -0.25) is 4.79 Å². The van der Waals surface area contributed by atoms with E-state index in [0.717, 1.165) is 0 Å². The number of hydrogen-bond acceptors (Lipinski definition) is 3. The summed E-state index contributed by atoms with van der Waals surface area (Å²) in [7, 11) is 0. The third-order valence-electron chi connectivity index (χ3n) is 2.42. The minimum absolute atomic E-state index is 0.123. The van der Waals surface area contributed by atoms with Crippen molar-refractivity contribution in [1.29, 1.82) is 0 Å². The summed E-state index contributed by atoms with van der Waals surface area (Å²) in [4.78, 5) is 22.2. The van der Waals surface area contributed by atoms with Crippen molar-refractivity contribution in [2.75, 3.05) is 5.32 Å². The van der Waals surface area contributed by atoms with Gasteiger partial charge >= 0.3 is 5.97 Å². The van der Waals surface area contributed by atoms with Crippen LogP contribution in [0.4, 0.5) is 5.69 Å². The van der Waals surface area contributed by atoms with E-state index >= 15 is 0 Å². The first-order valence-corrected chi connectivity index (χ1v) is 4.96. The fourth-order valence-electron chi connectivity index (χ4n) is 1.55. The summed E-state index contributed by atoms with van der Waals surface area (Å²) in [6, 6.07) is 4.40. The third kappa shape index (κ3) is 1.71. The molecule has 1 aliphatic heterocycles. The summed E-state index contributed by atoms with van der Waals surface area (Å²) in [5.74, 6) is -0.761. The first kappa shape index (κ1) is 10.5. The number of anilines is 1. The van der Waals surface area contributed by atoms with E-state index < -0.39 is 12.1 Å². The highest BCUT2D eigenvalue weighted by Crippen LogP contribution is 2.31. The molecule has 0 spiro atoms. The number of rotatable bonds is 2. The van der Waals surface area contributed by atoms with Gasteiger partial charge in [0.1, 0.15) is 5.75 Å². The molecule has 2 N–H and O–H groups in total. The van der Waals surface area contributed by atoms with Crippen LogP contribution in [0.1, 0.15) is 23.7 Å². The molecule has 16 heavy (non-hydrogen) atoms. The molecule has 1 atom stereocenters. The summed E-state index contributed by atoms with van der Waals surface area (Å²) < 4.78 is 5.42. The third-order valence-corrected chi connectivity index (χ3v) is 2.42. The molecule has 1 aliphatic rings. The predicted molar refractivity (Wildman–Crippen MR) is 56.7 cm³/mol. The van der Waals surface area contributed by atoms with Crippen LogP contribution in [0.3, 0.4) is 0 Å². The second-order valence-electron chi connectivity index (χ2n) is 3.52. The van der Waals surface area contributed by atoms with E-state index in [1.54, 1.807) is 6.07 Å². The number of carbonyl (C=O) groups is 2.